The Balaban J connectivity index is 1.66. The number of benzene rings is 1. The number of halogens is 1. The van der Waals surface area contributed by atoms with Crippen LogP contribution in [0.3, 0.4) is 0 Å². The van der Waals surface area contributed by atoms with Crippen molar-refractivity contribution in [1.82, 2.24) is 20.0 Å². The van der Waals surface area contributed by atoms with E-state index in [9.17, 15) is 4.39 Å². The smallest absolute Gasteiger partial charge is 0.132 e. The Labute approximate surface area is 137 Å². The molecule has 1 aliphatic heterocycles. The van der Waals surface area contributed by atoms with Crippen LogP contribution in [0.15, 0.2) is 30.5 Å². The van der Waals surface area contributed by atoms with Crippen LogP contribution in [-0.2, 0) is 6.54 Å². The van der Waals surface area contributed by atoms with Gasteiger partial charge in [-0.1, -0.05) is 19.1 Å². The largest absolute Gasteiger partial charge is 0.306 e. The fraction of sp³-hybridized carbons (Fsp3) is 0.500. The van der Waals surface area contributed by atoms with Crippen molar-refractivity contribution >= 4 is 0 Å². The molecule has 0 spiro atoms. The van der Waals surface area contributed by atoms with Crippen LogP contribution in [0.4, 0.5) is 4.39 Å². The predicted molar refractivity (Wildman–Crippen MR) is 90.5 cm³/mol. The monoisotopic (exact) mass is 316 g/mol. The molecule has 1 aliphatic rings. The van der Waals surface area contributed by atoms with Gasteiger partial charge < -0.3 is 4.90 Å². The van der Waals surface area contributed by atoms with Crippen LogP contribution in [0.1, 0.15) is 18.9 Å². The van der Waals surface area contributed by atoms with Crippen LogP contribution in [0.2, 0.25) is 0 Å². The van der Waals surface area contributed by atoms with E-state index in [0.717, 1.165) is 49.9 Å². The lowest BCUT2D eigenvalue weighted by Crippen LogP contribution is -2.28. The highest BCUT2D eigenvalue weighted by molar-refractivity contribution is 5.63. The number of nitrogens with one attached hydrogen (secondary N) is 1. The molecule has 2 aromatic rings. The summed E-state index contributed by atoms with van der Waals surface area (Å²) in [4.78, 5) is 4.82. The summed E-state index contributed by atoms with van der Waals surface area (Å²) in [6.45, 7) is 7.47. The summed E-state index contributed by atoms with van der Waals surface area (Å²) >= 11 is 0. The average molecular weight is 316 g/mol. The third-order valence-corrected chi connectivity index (χ3v) is 4.73. The Bertz CT molecular complexity index is 639. The number of hydrogen-bond donors (Lipinski definition) is 1. The molecule has 2 heterocycles. The van der Waals surface area contributed by atoms with Crippen molar-refractivity contribution < 1.29 is 4.39 Å². The molecule has 124 valence electrons. The maximum absolute atomic E-state index is 14.0. The molecule has 0 bridgehead atoms. The number of rotatable bonds is 6. The predicted octanol–water partition coefficient (Wildman–Crippen LogP) is 2.99. The first kappa shape index (κ1) is 16.1. The highest BCUT2D eigenvalue weighted by Gasteiger charge is 2.24. The summed E-state index contributed by atoms with van der Waals surface area (Å²) < 4.78 is 14.0. The topological polar surface area (TPSA) is 35.2 Å². The average Bonchev–Trinajstić information content (AvgIpc) is 3.18. The van der Waals surface area contributed by atoms with Gasteiger partial charge in [-0.15, -0.1) is 0 Å². The maximum atomic E-state index is 14.0. The molecular weight excluding hydrogens is 291 g/mol. The number of likely N-dealkylation sites (tertiary alicyclic amines) is 1. The molecule has 1 aromatic heterocycles. The van der Waals surface area contributed by atoms with Gasteiger partial charge in [0.05, 0.1) is 11.9 Å². The van der Waals surface area contributed by atoms with E-state index >= 15 is 0 Å². The van der Waals surface area contributed by atoms with Crippen molar-refractivity contribution in [1.29, 1.82) is 0 Å². The lowest BCUT2D eigenvalue weighted by atomic mass is 10.1. The summed E-state index contributed by atoms with van der Waals surface area (Å²) in [6.07, 6.45) is 3.06. The number of hydrogen-bond acceptors (Lipinski definition) is 3. The normalized spacial score (nSPS) is 18.9. The van der Waals surface area contributed by atoms with Crippen LogP contribution < -0.4 is 0 Å². The van der Waals surface area contributed by atoms with Gasteiger partial charge in [-0.05, 0) is 44.6 Å². The third-order valence-electron chi connectivity index (χ3n) is 4.73. The van der Waals surface area contributed by atoms with E-state index in [2.05, 4.69) is 34.0 Å². The van der Waals surface area contributed by atoms with Gasteiger partial charge in [0, 0.05) is 30.8 Å². The van der Waals surface area contributed by atoms with Crippen molar-refractivity contribution in [3.63, 3.8) is 0 Å². The second-order valence-electron chi connectivity index (χ2n) is 6.49. The van der Waals surface area contributed by atoms with Gasteiger partial charge in [0.25, 0.3) is 0 Å². The highest BCUT2D eigenvalue weighted by atomic mass is 19.1. The minimum atomic E-state index is -0.207. The van der Waals surface area contributed by atoms with Gasteiger partial charge in [-0.3, -0.25) is 10.00 Å². The molecule has 0 amide bonds. The summed E-state index contributed by atoms with van der Waals surface area (Å²) in [5.41, 5.74) is 2.47. The first-order valence-corrected chi connectivity index (χ1v) is 8.35. The van der Waals surface area contributed by atoms with Gasteiger partial charge in [0.2, 0.25) is 0 Å². The minimum Gasteiger partial charge on any atom is -0.306 e. The molecule has 0 radical (unpaired) electrons. The van der Waals surface area contributed by atoms with Crippen LogP contribution >= 0.6 is 0 Å². The van der Waals surface area contributed by atoms with Crippen molar-refractivity contribution in [2.45, 2.75) is 19.9 Å². The van der Waals surface area contributed by atoms with E-state index < -0.39 is 0 Å². The molecule has 1 aromatic carbocycles. The first-order chi connectivity index (χ1) is 11.2. The Morgan fingerprint density at radius 3 is 3.00 bits per heavy atom. The van der Waals surface area contributed by atoms with Gasteiger partial charge in [0.15, 0.2) is 0 Å². The molecule has 1 N–H and O–H groups in total. The number of aromatic nitrogens is 2. The van der Waals surface area contributed by atoms with Crippen molar-refractivity contribution in [2.24, 2.45) is 5.92 Å². The van der Waals surface area contributed by atoms with E-state index in [-0.39, 0.29) is 5.82 Å². The quantitative estimate of drug-likeness (QED) is 0.890. The van der Waals surface area contributed by atoms with Gasteiger partial charge in [0.1, 0.15) is 5.82 Å². The molecule has 3 rings (SSSR count). The molecule has 1 unspecified atom stereocenters. The summed E-state index contributed by atoms with van der Waals surface area (Å²) in [6, 6.07) is 6.86. The zero-order valence-electron chi connectivity index (χ0n) is 13.9. The Kier molecular flexibility index (Phi) is 5.08. The van der Waals surface area contributed by atoms with E-state index in [1.807, 2.05) is 12.3 Å². The molecule has 1 fully saturated rings. The molecule has 5 heteroatoms. The molecular formula is C18H25FN4. The zero-order valence-corrected chi connectivity index (χ0v) is 13.9. The van der Waals surface area contributed by atoms with Crippen LogP contribution in [-0.4, -0.2) is 53.2 Å². The summed E-state index contributed by atoms with van der Waals surface area (Å²) in [5.74, 6) is 0.519. The molecule has 23 heavy (non-hydrogen) atoms. The number of nitrogens with zero attached hydrogens (tertiary/aromatic N) is 3. The van der Waals surface area contributed by atoms with Crippen LogP contribution in [0, 0.1) is 11.7 Å². The Hall–Kier alpha value is -1.72. The standard InChI is InChI=1S/C18H25FN4/c1-3-22(2)11-14-8-9-23(12-14)13-15-10-20-21-18(15)16-6-4-5-7-17(16)19/h4-7,10,14H,3,8-9,11-13H2,1-2H3,(H,20,21). The van der Waals surface area contributed by atoms with Crippen LogP contribution in [0.25, 0.3) is 11.3 Å². The van der Waals surface area contributed by atoms with E-state index in [1.165, 1.54) is 12.5 Å². The second kappa shape index (κ2) is 7.23. The van der Waals surface area contributed by atoms with E-state index in [4.69, 9.17) is 0 Å². The van der Waals surface area contributed by atoms with Gasteiger partial charge >= 0.3 is 0 Å². The minimum absolute atomic E-state index is 0.207. The van der Waals surface area contributed by atoms with Gasteiger partial charge in [-0.25, -0.2) is 4.39 Å². The fourth-order valence-electron chi connectivity index (χ4n) is 3.34. The second-order valence-corrected chi connectivity index (χ2v) is 6.49. The SMILES string of the molecule is CCN(C)CC1CCN(Cc2cn[nH]c2-c2ccccc2F)C1. The lowest BCUT2D eigenvalue weighted by Gasteiger charge is -2.20. The number of aromatic amines is 1. The molecule has 0 saturated carbocycles. The highest BCUT2D eigenvalue weighted by Crippen LogP contribution is 2.26. The Morgan fingerprint density at radius 1 is 1.39 bits per heavy atom. The summed E-state index contributed by atoms with van der Waals surface area (Å²) in [5, 5.41) is 7.10. The lowest BCUT2D eigenvalue weighted by molar-refractivity contribution is 0.268. The van der Waals surface area contributed by atoms with E-state index in [1.54, 1.807) is 12.1 Å². The first-order valence-electron chi connectivity index (χ1n) is 8.35. The fourth-order valence-corrected chi connectivity index (χ4v) is 3.34. The Morgan fingerprint density at radius 2 is 2.22 bits per heavy atom. The van der Waals surface area contributed by atoms with Crippen molar-refractivity contribution in [3.8, 4) is 11.3 Å². The molecule has 0 aliphatic carbocycles. The summed E-state index contributed by atoms with van der Waals surface area (Å²) in [7, 11) is 2.18. The number of H-pyrrole nitrogens is 1. The van der Waals surface area contributed by atoms with Crippen molar-refractivity contribution in [3.05, 3.63) is 41.8 Å². The van der Waals surface area contributed by atoms with Crippen LogP contribution in [0.5, 0.6) is 0 Å². The zero-order chi connectivity index (χ0) is 16.2. The molecule has 4 nitrogen and oxygen atoms in total. The maximum Gasteiger partial charge on any atom is 0.132 e. The van der Waals surface area contributed by atoms with E-state index in [0.29, 0.717) is 5.56 Å². The molecule has 1 saturated heterocycles. The van der Waals surface area contributed by atoms with Crippen molar-refractivity contribution in [2.75, 3.05) is 33.2 Å². The van der Waals surface area contributed by atoms with Gasteiger partial charge in [-0.2, -0.15) is 5.10 Å². The third kappa shape index (κ3) is 3.79. The molecule has 1 atom stereocenters.